The maximum absolute atomic E-state index is 12.6. The lowest BCUT2D eigenvalue weighted by molar-refractivity contribution is -0.115. The number of hydrogen-bond donors (Lipinski definition) is 2. The molecule has 190 valence electrons. The van der Waals surface area contributed by atoms with E-state index < -0.39 is 0 Å². The summed E-state index contributed by atoms with van der Waals surface area (Å²) in [7, 11) is 1.61. The fourth-order valence-electron chi connectivity index (χ4n) is 3.77. The summed E-state index contributed by atoms with van der Waals surface area (Å²) in [6, 6.07) is 19.5. The Morgan fingerprint density at radius 3 is 2.55 bits per heavy atom. The maximum atomic E-state index is 12.6. The van der Waals surface area contributed by atoms with Crippen LogP contribution in [0.1, 0.15) is 30.0 Å². The summed E-state index contributed by atoms with van der Waals surface area (Å²) >= 11 is 2.59. The predicted molar refractivity (Wildman–Crippen MR) is 151 cm³/mol. The Hall–Kier alpha value is -4.38. The Kier molecular flexibility index (Phi) is 8.59. The molecular formula is C28H24N6O2S2. The second-order valence-corrected chi connectivity index (χ2v) is 10.1. The summed E-state index contributed by atoms with van der Waals surface area (Å²) in [5, 5.41) is 25.2. The molecule has 2 aromatic heterocycles. The lowest BCUT2D eigenvalue weighted by Gasteiger charge is -2.13. The fraction of sp³-hybridized carbons (Fsp3) is 0.179. The van der Waals surface area contributed by atoms with Gasteiger partial charge in [0.15, 0.2) is 5.13 Å². The molecule has 0 atom stereocenters. The van der Waals surface area contributed by atoms with Gasteiger partial charge in [-0.2, -0.15) is 10.5 Å². The number of methoxy groups -OCH3 is 1. The van der Waals surface area contributed by atoms with Crippen molar-refractivity contribution in [1.82, 2.24) is 9.97 Å². The van der Waals surface area contributed by atoms with Crippen LogP contribution in [0.15, 0.2) is 58.9 Å². The summed E-state index contributed by atoms with van der Waals surface area (Å²) in [5.41, 5.74) is 10.5. The van der Waals surface area contributed by atoms with E-state index in [-0.39, 0.29) is 29.3 Å². The number of amides is 1. The number of nitrogens with zero attached hydrogens (tertiary/aromatic N) is 4. The zero-order chi connectivity index (χ0) is 27.1. The monoisotopic (exact) mass is 540 g/mol. The highest BCUT2D eigenvalue weighted by Crippen LogP contribution is 2.36. The van der Waals surface area contributed by atoms with Gasteiger partial charge >= 0.3 is 0 Å². The topological polar surface area (TPSA) is 138 Å². The van der Waals surface area contributed by atoms with Crippen molar-refractivity contribution in [2.45, 2.75) is 24.8 Å². The smallest absolute Gasteiger partial charge is 0.226 e. The number of nitriles is 2. The number of anilines is 2. The molecule has 2 heterocycles. The van der Waals surface area contributed by atoms with Gasteiger partial charge in [-0.3, -0.25) is 4.79 Å². The second-order valence-electron chi connectivity index (χ2n) is 8.12. The van der Waals surface area contributed by atoms with Gasteiger partial charge in [-0.05, 0) is 29.7 Å². The van der Waals surface area contributed by atoms with Gasteiger partial charge in [0.05, 0.1) is 18.4 Å². The molecule has 10 heteroatoms. The van der Waals surface area contributed by atoms with Crippen LogP contribution in [-0.2, 0) is 11.2 Å². The summed E-state index contributed by atoms with van der Waals surface area (Å²) in [4.78, 5) is 21.4. The van der Waals surface area contributed by atoms with Crippen molar-refractivity contribution in [3.63, 3.8) is 0 Å². The number of pyridine rings is 1. The van der Waals surface area contributed by atoms with Crippen LogP contribution in [0.5, 0.6) is 5.75 Å². The van der Waals surface area contributed by atoms with Gasteiger partial charge in [0, 0.05) is 28.7 Å². The van der Waals surface area contributed by atoms with Crippen LogP contribution in [0.2, 0.25) is 0 Å². The number of ether oxygens (including phenoxy) is 1. The number of thiazole rings is 1. The SMILES string of the molecule is CCc1ccc(-c2c(C#N)c(N)nc(SCCC(=O)Nc3nc(-c4cccc(OC)c4)cs3)c2C#N)cc1. The lowest BCUT2D eigenvalue weighted by atomic mass is 9.96. The molecule has 0 bridgehead atoms. The van der Waals surface area contributed by atoms with Gasteiger partial charge in [-0.15, -0.1) is 23.1 Å². The van der Waals surface area contributed by atoms with Gasteiger partial charge in [0.25, 0.3) is 0 Å². The number of benzene rings is 2. The van der Waals surface area contributed by atoms with Crippen LogP contribution in [0.3, 0.4) is 0 Å². The van der Waals surface area contributed by atoms with Gasteiger partial charge in [-0.1, -0.05) is 43.3 Å². The molecule has 8 nitrogen and oxygen atoms in total. The normalized spacial score (nSPS) is 10.4. The van der Waals surface area contributed by atoms with Crippen LogP contribution in [0, 0.1) is 22.7 Å². The first-order chi connectivity index (χ1) is 18.5. The molecule has 4 rings (SSSR count). The average Bonchev–Trinajstić information content (AvgIpc) is 3.41. The number of nitrogens with one attached hydrogen (secondary N) is 1. The van der Waals surface area contributed by atoms with E-state index in [1.54, 1.807) is 7.11 Å². The number of carbonyl (C=O) groups excluding carboxylic acids is 1. The van der Waals surface area contributed by atoms with E-state index in [4.69, 9.17) is 10.5 Å². The minimum Gasteiger partial charge on any atom is -0.497 e. The number of thioether (sulfide) groups is 1. The first-order valence-electron chi connectivity index (χ1n) is 11.7. The van der Waals surface area contributed by atoms with Crippen LogP contribution in [-0.4, -0.2) is 28.7 Å². The quantitative estimate of drug-likeness (QED) is 0.251. The molecule has 0 aliphatic carbocycles. The van der Waals surface area contributed by atoms with E-state index in [1.165, 1.54) is 23.1 Å². The van der Waals surface area contributed by atoms with Gasteiger partial charge in [0.2, 0.25) is 5.91 Å². The van der Waals surface area contributed by atoms with Crippen molar-refractivity contribution in [2.24, 2.45) is 0 Å². The summed E-state index contributed by atoms with van der Waals surface area (Å²) < 4.78 is 5.26. The lowest BCUT2D eigenvalue weighted by Crippen LogP contribution is -2.12. The summed E-state index contributed by atoms with van der Waals surface area (Å²) in [6.07, 6.45) is 1.05. The van der Waals surface area contributed by atoms with Crippen molar-refractivity contribution in [1.29, 1.82) is 10.5 Å². The molecule has 0 aliphatic heterocycles. The van der Waals surface area contributed by atoms with Crippen molar-refractivity contribution >= 4 is 40.0 Å². The van der Waals surface area contributed by atoms with Gasteiger partial charge < -0.3 is 15.8 Å². The number of carbonyl (C=O) groups is 1. The van der Waals surface area contributed by atoms with Crippen LogP contribution in [0.25, 0.3) is 22.4 Å². The Labute approximate surface area is 229 Å². The number of hydrogen-bond acceptors (Lipinski definition) is 9. The van der Waals surface area contributed by atoms with Crippen molar-refractivity contribution in [3.05, 3.63) is 70.6 Å². The highest BCUT2D eigenvalue weighted by Gasteiger charge is 2.21. The van der Waals surface area contributed by atoms with Crippen LogP contribution in [0.4, 0.5) is 10.9 Å². The summed E-state index contributed by atoms with van der Waals surface area (Å²) in [5.74, 6) is 0.940. The number of nitrogen functional groups attached to an aromatic ring is 1. The van der Waals surface area contributed by atoms with Gasteiger partial charge in [-0.25, -0.2) is 9.97 Å². The zero-order valence-electron chi connectivity index (χ0n) is 20.8. The number of rotatable bonds is 9. The third kappa shape index (κ3) is 5.94. The Bertz CT molecular complexity index is 1550. The van der Waals surface area contributed by atoms with E-state index in [1.807, 2.05) is 53.9 Å². The minimum absolute atomic E-state index is 0.0564. The fourth-order valence-corrected chi connectivity index (χ4v) is 5.44. The molecule has 0 fully saturated rings. The number of aryl methyl sites for hydroxylation is 1. The average molecular weight is 541 g/mol. The summed E-state index contributed by atoms with van der Waals surface area (Å²) in [6.45, 7) is 2.06. The van der Waals surface area contributed by atoms with Crippen LogP contribution < -0.4 is 15.8 Å². The Morgan fingerprint density at radius 1 is 1.11 bits per heavy atom. The molecule has 0 saturated carbocycles. The standard InChI is InChI=1S/C28H24N6O2S2/c1-3-17-7-9-18(10-8-17)25-21(14-29)26(31)34-27(22(25)15-30)37-12-11-24(35)33-28-32-23(16-38-28)19-5-4-6-20(13-19)36-2/h4-10,13,16H,3,11-12H2,1-2H3,(H2,31,34)(H,32,33,35). The number of aromatic nitrogens is 2. The molecule has 4 aromatic rings. The molecule has 0 saturated heterocycles. The minimum atomic E-state index is -0.209. The predicted octanol–water partition coefficient (Wildman–Crippen LogP) is 5.89. The molecule has 38 heavy (non-hydrogen) atoms. The Balaban J connectivity index is 1.46. The highest BCUT2D eigenvalue weighted by molar-refractivity contribution is 7.99. The molecular weight excluding hydrogens is 516 g/mol. The maximum Gasteiger partial charge on any atom is 0.226 e. The third-order valence-electron chi connectivity index (χ3n) is 5.75. The zero-order valence-corrected chi connectivity index (χ0v) is 22.4. The first kappa shape index (κ1) is 26.7. The van der Waals surface area contributed by atoms with Crippen LogP contribution >= 0.6 is 23.1 Å². The van der Waals surface area contributed by atoms with Gasteiger partial charge in [0.1, 0.15) is 34.3 Å². The van der Waals surface area contributed by atoms with Crippen molar-refractivity contribution in [3.8, 4) is 40.3 Å². The molecule has 2 aromatic carbocycles. The van der Waals surface area contributed by atoms with Crippen molar-refractivity contribution < 1.29 is 9.53 Å². The van der Waals surface area contributed by atoms with E-state index >= 15 is 0 Å². The molecule has 1 amide bonds. The van der Waals surface area contributed by atoms with E-state index in [9.17, 15) is 15.3 Å². The molecule has 3 N–H and O–H groups in total. The second kappa shape index (κ2) is 12.2. The van der Waals surface area contributed by atoms with E-state index in [0.717, 1.165) is 34.6 Å². The molecule has 0 aliphatic rings. The third-order valence-corrected chi connectivity index (χ3v) is 7.49. The highest BCUT2D eigenvalue weighted by atomic mass is 32.2. The van der Waals surface area contributed by atoms with E-state index in [0.29, 0.717) is 21.5 Å². The largest absolute Gasteiger partial charge is 0.497 e. The van der Waals surface area contributed by atoms with E-state index in [2.05, 4.69) is 34.3 Å². The molecule has 0 radical (unpaired) electrons. The molecule has 0 spiro atoms. The number of nitrogens with two attached hydrogens (primary N) is 1. The first-order valence-corrected chi connectivity index (χ1v) is 13.6. The van der Waals surface area contributed by atoms with Crippen molar-refractivity contribution in [2.75, 3.05) is 23.9 Å². The molecule has 0 unspecified atom stereocenters. The Morgan fingerprint density at radius 2 is 1.87 bits per heavy atom.